The highest BCUT2D eigenvalue weighted by Gasteiger charge is 2.13. The summed E-state index contributed by atoms with van der Waals surface area (Å²) in [5.41, 5.74) is 2.58. The van der Waals surface area contributed by atoms with Crippen molar-refractivity contribution in [3.05, 3.63) is 89.7 Å². The Hall–Kier alpha value is -3.12. The van der Waals surface area contributed by atoms with Gasteiger partial charge in [0.2, 0.25) is 0 Å². The van der Waals surface area contributed by atoms with Crippen LogP contribution in [0.3, 0.4) is 0 Å². The molecule has 0 aliphatic heterocycles. The number of halogens is 1. The molecule has 3 rings (SSSR count). The summed E-state index contributed by atoms with van der Waals surface area (Å²) in [6.07, 6.45) is 0.0483. The van der Waals surface area contributed by atoms with Crippen LogP contribution in [0.4, 0.5) is 4.39 Å². The van der Waals surface area contributed by atoms with Crippen LogP contribution in [0.1, 0.15) is 11.1 Å². The summed E-state index contributed by atoms with van der Waals surface area (Å²) in [6.45, 7) is 0.414. The summed E-state index contributed by atoms with van der Waals surface area (Å²) in [4.78, 5) is 0. The monoisotopic (exact) mass is 317 g/mol. The van der Waals surface area contributed by atoms with E-state index in [0.29, 0.717) is 29.0 Å². The maximum absolute atomic E-state index is 14.7. The molecule has 2 nitrogen and oxygen atoms in total. The summed E-state index contributed by atoms with van der Waals surface area (Å²) in [7, 11) is 0. The summed E-state index contributed by atoms with van der Waals surface area (Å²) in [6, 6.07) is 24.3. The SMILES string of the molecule is N#CCc1cccc(-c2ccccc2OCc2ccccc2)c1F. The fourth-order valence-electron chi connectivity index (χ4n) is 2.56. The third-order valence-electron chi connectivity index (χ3n) is 3.76. The number of hydrogen-bond donors (Lipinski definition) is 0. The van der Waals surface area contributed by atoms with E-state index in [1.165, 1.54) is 0 Å². The molecule has 118 valence electrons. The minimum absolute atomic E-state index is 0.0483. The van der Waals surface area contributed by atoms with Gasteiger partial charge in [-0.1, -0.05) is 66.7 Å². The molecule has 0 atom stereocenters. The standard InChI is InChI=1S/C21H16FNO/c22-21-17(13-14-23)9-6-11-19(21)18-10-4-5-12-20(18)24-15-16-7-2-1-3-8-16/h1-12H,13,15H2. The van der Waals surface area contributed by atoms with Crippen LogP contribution in [-0.4, -0.2) is 0 Å². The first-order valence-corrected chi connectivity index (χ1v) is 7.70. The molecule has 0 spiro atoms. The predicted octanol–water partition coefficient (Wildman–Crippen LogP) is 5.14. The molecular formula is C21H16FNO. The van der Waals surface area contributed by atoms with Crippen molar-refractivity contribution in [2.45, 2.75) is 13.0 Å². The molecule has 24 heavy (non-hydrogen) atoms. The molecule has 3 aromatic carbocycles. The van der Waals surface area contributed by atoms with Crippen molar-refractivity contribution >= 4 is 0 Å². The van der Waals surface area contributed by atoms with Gasteiger partial charge in [-0.05, 0) is 11.6 Å². The minimum atomic E-state index is -0.366. The molecular weight excluding hydrogens is 301 g/mol. The van der Waals surface area contributed by atoms with E-state index in [-0.39, 0.29) is 12.2 Å². The fourth-order valence-corrected chi connectivity index (χ4v) is 2.56. The zero-order valence-electron chi connectivity index (χ0n) is 13.1. The second-order valence-corrected chi connectivity index (χ2v) is 5.38. The average Bonchev–Trinajstić information content (AvgIpc) is 2.63. The summed E-state index contributed by atoms with van der Waals surface area (Å²) in [5, 5.41) is 8.83. The van der Waals surface area contributed by atoms with E-state index >= 15 is 0 Å². The Kier molecular flexibility index (Phi) is 4.88. The highest BCUT2D eigenvalue weighted by molar-refractivity contribution is 5.71. The molecule has 0 aromatic heterocycles. The fraction of sp³-hybridized carbons (Fsp3) is 0.0952. The van der Waals surface area contributed by atoms with Crippen LogP contribution in [0, 0.1) is 17.1 Å². The van der Waals surface area contributed by atoms with Crippen LogP contribution in [-0.2, 0) is 13.0 Å². The van der Waals surface area contributed by atoms with Crippen LogP contribution in [0.15, 0.2) is 72.8 Å². The summed E-state index contributed by atoms with van der Waals surface area (Å²) < 4.78 is 20.6. The van der Waals surface area contributed by atoms with Gasteiger partial charge in [-0.2, -0.15) is 5.26 Å². The van der Waals surface area contributed by atoms with Crippen molar-refractivity contribution in [3.63, 3.8) is 0 Å². The van der Waals surface area contributed by atoms with Crippen LogP contribution in [0.2, 0.25) is 0 Å². The molecule has 0 saturated carbocycles. The van der Waals surface area contributed by atoms with Crippen LogP contribution < -0.4 is 4.74 Å². The normalized spacial score (nSPS) is 10.2. The van der Waals surface area contributed by atoms with Gasteiger partial charge in [0.1, 0.15) is 18.2 Å². The summed E-state index contributed by atoms with van der Waals surface area (Å²) in [5.74, 6) is 0.254. The molecule has 3 aromatic rings. The Morgan fingerprint density at radius 2 is 1.54 bits per heavy atom. The minimum Gasteiger partial charge on any atom is -0.488 e. The molecule has 0 aliphatic rings. The smallest absolute Gasteiger partial charge is 0.135 e. The predicted molar refractivity (Wildman–Crippen MR) is 91.9 cm³/mol. The maximum atomic E-state index is 14.7. The number of nitriles is 1. The van der Waals surface area contributed by atoms with Crippen molar-refractivity contribution in [2.24, 2.45) is 0 Å². The van der Waals surface area contributed by atoms with Gasteiger partial charge in [-0.3, -0.25) is 0 Å². The lowest BCUT2D eigenvalue weighted by Gasteiger charge is -2.13. The molecule has 3 heteroatoms. The van der Waals surface area contributed by atoms with Gasteiger partial charge in [0.25, 0.3) is 0 Å². The zero-order valence-corrected chi connectivity index (χ0v) is 13.1. The first-order chi connectivity index (χ1) is 11.8. The number of benzene rings is 3. The highest BCUT2D eigenvalue weighted by Crippen LogP contribution is 2.33. The van der Waals surface area contributed by atoms with E-state index < -0.39 is 0 Å². The Labute approximate surface area is 140 Å². The zero-order chi connectivity index (χ0) is 16.8. The van der Waals surface area contributed by atoms with Crippen molar-refractivity contribution in [2.75, 3.05) is 0 Å². The molecule has 0 heterocycles. The third-order valence-corrected chi connectivity index (χ3v) is 3.76. The largest absolute Gasteiger partial charge is 0.488 e. The van der Waals surface area contributed by atoms with Gasteiger partial charge in [0.15, 0.2) is 0 Å². The number of ether oxygens (including phenoxy) is 1. The second-order valence-electron chi connectivity index (χ2n) is 5.38. The molecule has 0 radical (unpaired) electrons. The van der Waals surface area contributed by atoms with Gasteiger partial charge in [0, 0.05) is 16.7 Å². The van der Waals surface area contributed by atoms with Crippen LogP contribution in [0.25, 0.3) is 11.1 Å². The molecule has 0 aliphatic carbocycles. The van der Waals surface area contributed by atoms with Crippen molar-refractivity contribution < 1.29 is 9.13 Å². The Morgan fingerprint density at radius 1 is 0.833 bits per heavy atom. The van der Waals surface area contributed by atoms with E-state index in [0.717, 1.165) is 5.56 Å². The van der Waals surface area contributed by atoms with Crippen LogP contribution >= 0.6 is 0 Å². The van der Waals surface area contributed by atoms with E-state index in [2.05, 4.69) is 0 Å². The third kappa shape index (κ3) is 3.44. The maximum Gasteiger partial charge on any atom is 0.135 e. The Bertz CT molecular complexity index is 869. The molecule has 0 bridgehead atoms. The van der Waals surface area contributed by atoms with E-state index in [4.69, 9.17) is 10.00 Å². The molecule has 0 amide bonds. The first kappa shape index (κ1) is 15.8. The molecule has 0 saturated heterocycles. The quantitative estimate of drug-likeness (QED) is 0.653. The van der Waals surface area contributed by atoms with Crippen molar-refractivity contribution in [3.8, 4) is 22.9 Å². The van der Waals surface area contributed by atoms with Crippen molar-refractivity contribution in [1.29, 1.82) is 5.26 Å². The van der Waals surface area contributed by atoms with Gasteiger partial charge in [0.05, 0.1) is 12.5 Å². The Morgan fingerprint density at radius 3 is 2.33 bits per heavy atom. The van der Waals surface area contributed by atoms with Gasteiger partial charge < -0.3 is 4.74 Å². The number of hydrogen-bond acceptors (Lipinski definition) is 2. The molecule has 0 N–H and O–H groups in total. The van der Waals surface area contributed by atoms with E-state index in [1.54, 1.807) is 18.2 Å². The highest BCUT2D eigenvalue weighted by atomic mass is 19.1. The lowest BCUT2D eigenvalue weighted by atomic mass is 10.00. The lowest BCUT2D eigenvalue weighted by molar-refractivity contribution is 0.307. The average molecular weight is 317 g/mol. The number of nitrogens with zero attached hydrogens (tertiary/aromatic N) is 1. The number of rotatable bonds is 5. The lowest BCUT2D eigenvalue weighted by Crippen LogP contribution is -1.98. The summed E-state index contributed by atoms with van der Waals surface area (Å²) >= 11 is 0. The van der Waals surface area contributed by atoms with Gasteiger partial charge >= 0.3 is 0 Å². The Balaban J connectivity index is 1.92. The van der Waals surface area contributed by atoms with Crippen LogP contribution in [0.5, 0.6) is 5.75 Å². The van der Waals surface area contributed by atoms with Gasteiger partial charge in [-0.25, -0.2) is 4.39 Å². The molecule has 0 fully saturated rings. The molecule has 0 unspecified atom stereocenters. The second kappa shape index (κ2) is 7.43. The van der Waals surface area contributed by atoms with E-state index in [1.807, 2.05) is 60.7 Å². The topological polar surface area (TPSA) is 33.0 Å². The number of para-hydroxylation sites is 1. The van der Waals surface area contributed by atoms with E-state index in [9.17, 15) is 4.39 Å². The van der Waals surface area contributed by atoms with Gasteiger partial charge in [-0.15, -0.1) is 0 Å². The first-order valence-electron chi connectivity index (χ1n) is 7.70. The van der Waals surface area contributed by atoms with Crippen molar-refractivity contribution in [1.82, 2.24) is 0 Å².